The molecule has 1 aliphatic carbocycles. The van der Waals surface area contributed by atoms with Crippen molar-refractivity contribution in [2.75, 3.05) is 24.3 Å². The van der Waals surface area contributed by atoms with E-state index in [1.165, 1.54) is 6.07 Å². The number of nitrogens with zero attached hydrogens (tertiary/aromatic N) is 3. The molecule has 1 aliphatic rings. The molecule has 29 heavy (non-hydrogen) atoms. The van der Waals surface area contributed by atoms with Crippen molar-refractivity contribution in [1.82, 2.24) is 15.3 Å². The zero-order valence-corrected chi connectivity index (χ0v) is 17.6. The number of nitrogens with one attached hydrogen (secondary N) is 2. The third kappa shape index (κ3) is 5.22. The summed E-state index contributed by atoms with van der Waals surface area (Å²) in [7, 11) is 3.93. The minimum atomic E-state index is -0.343. The quantitative estimate of drug-likeness (QED) is 0.772. The number of anilines is 2. The van der Waals surface area contributed by atoms with E-state index in [0.29, 0.717) is 11.5 Å². The van der Waals surface area contributed by atoms with Crippen molar-refractivity contribution in [3.63, 3.8) is 0 Å². The molecule has 1 fully saturated rings. The average molecular weight is 400 g/mol. The Labute approximate surface area is 171 Å². The van der Waals surface area contributed by atoms with E-state index in [-0.39, 0.29) is 29.7 Å². The molecular weight excluding hydrogens is 369 g/mol. The Morgan fingerprint density at radius 3 is 2.55 bits per heavy atom. The normalized spacial score (nSPS) is 20.0. The lowest BCUT2D eigenvalue weighted by Gasteiger charge is -2.29. The van der Waals surface area contributed by atoms with Gasteiger partial charge in [-0.05, 0) is 45.6 Å². The molecule has 6 nitrogen and oxygen atoms in total. The van der Waals surface area contributed by atoms with Gasteiger partial charge in [0.2, 0.25) is 11.9 Å². The molecule has 0 radical (unpaired) electrons. The largest absolute Gasteiger partial charge is 0.362 e. The maximum absolute atomic E-state index is 13.9. The number of rotatable bonds is 6. The van der Waals surface area contributed by atoms with Crippen LogP contribution in [0, 0.1) is 18.7 Å². The molecule has 2 aromatic rings. The average Bonchev–Trinajstić information content (AvgIpc) is 2.70. The minimum absolute atomic E-state index is 0.000632. The van der Waals surface area contributed by atoms with E-state index in [1.54, 1.807) is 18.2 Å². The van der Waals surface area contributed by atoms with Crippen molar-refractivity contribution in [1.29, 1.82) is 0 Å². The van der Waals surface area contributed by atoms with Gasteiger partial charge in [0.25, 0.3) is 0 Å². The van der Waals surface area contributed by atoms with Gasteiger partial charge in [-0.3, -0.25) is 4.79 Å². The highest BCUT2D eigenvalue weighted by Gasteiger charge is 2.28. The van der Waals surface area contributed by atoms with Gasteiger partial charge >= 0.3 is 0 Å². The van der Waals surface area contributed by atoms with Gasteiger partial charge in [0.15, 0.2) is 0 Å². The van der Waals surface area contributed by atoms with E-state index in [9.17, 15) is 9.18 Å². The highest BCUT2D eigenvalue weighted by Crippen LogP contribution is 2.28. The molecule has 0 unspecified atom stereocenters. The monoisotopic (exact) mass is 399 g/mol. The van der Waals surface area contributed by atoms with Crippen LogP contribution in [-0.4, -0.2) is 36.0 Å². The molecule has 1 aromatic carbocycles. The Hall–Kier alpha value is -2.70. The molecular formula is C22H30FN5O. The molecule has 3 rings (SSSR count). The molecule has 156 valence electrons. The third-order valence-electron chi connectivity index (χ3n) is 5.53. The topological polar surface area (TPSA) is 70.1 Å². The molecule has 2 N–H and O–H groups in total. The highest BCUT2D eigenvalue weighted by atomic mass is 19.1. The summed E-state index contributed by atoms with van der Waals surface area (Å²) < 4.78 is 13.9. The van der Waals surface area contributed by atoms with Crippen LogP contribution < -0.4 is 15.5 Å². The Kier molecular flexibility index (Phi) is 6.67. The van der Waals surface area contributed by atoms with Crippen LogP contribution in [0.3, 0.4) is 0 Å². The first-order valence-electron chi connectivity index (χ1n) is 10.2. The van der Waals surface area contributed by atoms with Crippen LogP contribution in [0.1, 0.15) is 49.8 Å². The van der Waals surface area contributed by atoms with Crippen LogP contribution in [0.4, 0.5) is 16.2 Å². The number of benzene rings is 1. The summed E-state index contributed by atoms with van der Waals surface area (Å²) >= 11 is 0. The zero-order chi connectivity index (χ0) is 21.0. The van der Waals surface area contributed by atoms with Gasteiger partial charge in [-0.2, -0.15) is 4.98 Å². The highest BCUT2D eigenvalue weighted by molar-refractivity contribution is 5.79. The van der Waals surface area contributed by atoms with Gasteiger partial charge in [0.1, 0.15) is 11.6 Å². The molecule has 0 spiro atoms. The van der Waals surface area contributed by atoms with Crippen LogP contribution in [0.2, 0.25) is 0 Å². The fourth-order valence-corrected chi connectivity index (χ4v) is 3.87. The van der Waals surface area contributed by atoms with E-state index < -0.39 is 0 Å². The summed E-state index contributed by atoms with van der Waals surface area (Å²) in [5, 5.41) is 6.37. The van der Waals surface area contributed by atoms with E-state index in [4.69, 9.17) is 0 Å². The summed E-state index contributed by atoms with van der Waals surface area (Å²) in [4.78, 5) is 23.6. The van der Waals surface area contributed by atoms with Crippen LogP contribution >= 0.6 is 0 Å². The number of hydrogen-bond acceptors (Lipinski definition) is 5. The third-order valence-corrected chi connectivity index (χ3v) is 5.53. The molecule has 1 heterocycles. The number of amides is 1. The Morgan fingerprint density at radius 1 is 1.21 bits per heavy atom. The summed E-state index contributed by atoms with van der Waals surface area (Å²) in [5.41, 5.74) is 1.55. The van der Waals surface area contributed by atoms with Crippen molar-refractivity contribution < 1.29 is 9.18 Å². The molecule has 7 heteroatoms. The summed E-state index contributed by atoms with van der Waals surface area (Å²) in [5.74, 6) is 1.20. The fraction of sp³-hybridized carbons (Fsp3) is 0.500. The first-order chi connectivity index (χ1) is 13.8. The van der Waals surface area contributed by atoms with Crippen LogP contribution in [0.15, 0.2) is 30.5 Å². The van der Waals surface area contributed by atoms with Crippen molar-refractivity contribution in [3.05, 3.63) is 47.4 Å². The lowest BCUT2D eigenvalue weighted by atomic mass is 9.85. The standard InChI is InChI=1S/C22H30FN5O/c1-14-13-24-22(27-20(14)28(3)4)26-17-11-9-16(10-12-17)21(29)25-15(2)18-7-5-6-8-19(18)23/h5-8,13,15-17H,9-12H2,1-4H3,(H,25,29)(H,24,26,27)/t15-,16-,17+/m0/s1. The Morgan fingerprint density at radius 2 is 1.90 bits per heavy atom. The van der Waals surface area contributed by atoms with Gasteiger partial charge in [-0.15, -0.1) is 0 Å². The second-order valence-corrected chi connectivity index (χ2v) is 8.04. The number of halogens is 1. The van der Waals surface area contributed by atoms with E-state index in [0.717, 1.165) is 37.1 Å². The molecule has 1 saturated carbocycles. The summed E-state index contributed by atoms with van der Waals surface area (Å²) in [6.45, 7) is 3.81. The van der Waals surface area contributed by atoms with Gasteiger partial charge in [-0.1, -0.05) is 18.2 Å². The maximum Gasteiger partial charge on any atom is 0.224 e. The maximum atomic E-state index is 13.9. The fourth-order valence-electron chi connectivity index (χ4n) is 3.87. The second kappa shape index (κ2) is 9.20. The Balaban J connectivity index is 1.52. The molecule has 1 aromatic heterocycles. The van der Waals surface area contributed by atoms with Crippen molar-refractivity contribution >= 4 is 17.7 Å². The zero-order valence-electron chi connectivity index (χ0n) is 17.6. The molecule has 0 saturated heterocycles. The number of carbonyl (C=O) groups is 1. The van der Waals surface area contributed by atoms with Gasteiger partial charge in [0, 0.05) is 43.4 Å². The van der Waals surface area contributed by atoms with Crippen molar-refractivity contribution in [2.45, 2.75) is 51.6 Å². The second-order valence-electron chi connectivity index (χ2n) is 8.04. The molecule has 1 atom stereocenters. The summed E-state index contributed by atoms with van der Waals surface area (Å²) in [6, 6.07) is 6.48. The van der Waals surface area contributed by atoms with Gasteiger partial charge in [-0.25, -0.2) is 9.37 Å². The predicted octanol–water partition coefficient (Wildman–Crippen LogP) is 3.84. The molecule has 0 aliphatic heterocycles. The molecule has 0 bridgehead atoms. The van der Waals surface area contributed by atoms with Gasteiger partial charge in [0.05, 0.1) is 6.04 Å². The summed E-state index contributed by atoms with van der Waals surface area (Å²) in [6.07, 6.45) is 5.16. The van der Waals surface area contributed by atoms with E-state index in [1.807, 2.05) is 39.0 Å². The van der Waals surface area contributed by atoms with E-state index >= 15 is 0 Å². The van der Waals surface area contributed by atoms with Crippen LogP contribution in [-0.2, 0) is 4.79 Å². The SMILES string of the molecule is Cc1cnc(N[C@H]2CC[C@@H](C(=O)N[C@@H](C)c3ccccc3F)CC2)nc1N(C)C. The van der Waals surface area contributed by atoms with Crippen LogP contribution in [0.25, 0.3) is 0 Å². The van der Waals surface area contributed by atoms with Crippen molar-refractivity contribution in [2.24, 2.45) is 5.92 Å². The smallest absolute Gasteiger partial charge is 0.224 e. The minimum Gasteiger partial charge on any atom is -0.362 e. The Bertz CT molecular complexity index is 849. The van der Waals surface area contributed by atoms with E-state index in [2.05, 4.69) is 20.6 Å². The lowest BCUT2D eigenvalue weighted by Crippen LogP contribution is -2.37. The first kappa shape index (κ1) is 21.0. The number of aromatic nitrogens is 2. The van der Waals surface area contributed by atoms with Crippen LogP contribution in [0.5, 0.6) is 0 Å². The van der Waals surface area contributed by atoms with Gasteiger partial charge < -0.3 is 15.5 Å². The first-order valence-corrected chi connectivity index (χ1v) is 10.2. The van der Waals surface area contributed by atoms with Crippen molar-refractivity contribution in [3.8, 4) is 0 Å². The molecule has 1 amide bonds. The lowest BCUT2D eigenvalue weighted by molar-refractivity contribution is -0.126. The predicted molar refractivity (Wildman–Crippen MR) is 113 cm³/mol. The number of aryl methyl sites for hydroxylation is 1. The number of carbonyl (C=O) groups excluding carboxylic acids is 1. The number of hydrogen-bond donors (Lipinski definition) is 2.